The van der Waals surface area contributed by atoms with Crippen molar-refractivity contribution in [2.24, 2.45) is 0 Å². The summed E-state index contributed by atoms with van der Waals surface area (Å²) in [5.41, 5.74) is 0. The van der Waals surface area contributed by atoms with Crippen LogP contribution >= 0.6 is 15.9 Å². The van der Waals surface area contributed by atoms with Crippen molar-refractivity contribution in [2.45, 2.75) is 257 Å². The van der Waals surface area contributed by atoms with E-state index in [-0.39, 0.29) is 0 Å². The van der Waals surface area contributed by atoms with Gasteiger partial charge in [0.2, 0.25) is 0 Å². The number of unbranched alkanes of at least 4 members (excludes halogenated alkanes) is 36. The Hall–Kier alpha value is -0.340. The van der Waals surface area contributed by atoms with E-state index in [2.05, 4.69) is 52.4 Å². The van der Waals surface area contributed by atoms with E-state index in [0.717, 1.165) is 6.42 Å². The summed E-state index contributed by atoms with van der Waals surface area (Å²) >= 11 is 3.52. The molecule has 1 nitrogen and oxygen atoms in total. The molecule has 0 unspecified atom stereocenters. The van der Waals surface area contributed by atoms with Gasteiger partial charge in [0.05, 0.1) is 0 Å². The van der Waals surface area contributed by atoms with Crippen molar-refractivity contribution in [3.05, 3.63) is 36.5 Å². The van der Waals surface area contributed by atoms with Crippen molar-refractivity contribution < 1.29 is 5.11 Å². The van der Waals surface area contributed by atoms with Crippen LogP contribution in [0, 0.1) is 0 Å². The number of rotatable bonds is 44. The number of hydrogen-bond donors (Lipinski definition) is 1. The second kappa shape index (κ2) is 48.7. The summed E-state index contributed by atoms with van der Waals surface area (Å²) in [5.74, 6) is 0. The summed E-state index contributed by atoms with van der Waals surface area (Å²) in [6, 6.07) is 0. The van der Waals surface area contributed by atoms with Gasteiger partial charge in [0.15, 0.2) is 0 Å². The van der Waals surface area contributed by atoms with Gasteiger partial charge in [-0.1, -0.05) is 219 Å². The van der Waals surface area contributed by atoms with Gasteiger partial charge in [0, 0.05) is 11.9 Å². The Morgan fingerprint density at radius 2 is 0.380 bits per heavy atom. The lowest BCUT2D eigenvalue weighted by Gasteiger charge is -2.02. The second-order valence-electron chi connectivity index (χ2n) is 15.6. The molecule has 0 radical (unpaired) electrons. The van der Waals surface area contributed by atoms with E-state index in [1.807, 2.05) is 0 Å². The molecule has 0 aliphatic heterocycles. The van der Waals surface area contributed by atoms with Crippen molar-refractivity contribution in [2.75, 3.05) is 11.9 Å². The van der Waals surface area contributed by atoms with Gasteiger partial charge < -0.3 is 5.11 Å². The molecule has 0 saturated carbocycles. The van der Waals surface area contributed by atoms with Gasteiger partial charge in [0.1, 0.15) is 0 Å². The first-order valence-corrected chi connectivity index (χ1v) is 24.2. The van der Waals surface area contributed by atoms with Crippen molar-refractivity contribution in [1.82, 2.24) is 0 Å². The van der Waals surface area contributed by atoms with Gasteiger partial charge in [-0.05, 0) is 89.9 Å². The molecule has 0 spiro atoms. The fourth-order valence-corrected chi connectivity index (χ4v) is 7.48. The van der Waals surface area contributed by atoms with Crippen LogP contribution in [0.15, 0.2) is 36.5 Å². The van der Waals surface area contributed by atoms with Gasteiger partial charge in [0.25, 0.3) is 0 Å². The number of hydrogen-bond acceptors (Lipinski definition) is 1. The predicted octanol–water partition coefficient (Wildman–Crippen LogP) is 17.6. The van der Waals surface area contributed by atoms with Crippen molar-refractivity contribution >= 4 is 15.9 Å². The van der Waals surface area contributed by atoms with Gasteiger partial charge in [-0.15, -0.1) is 0 Å². The highest BCUT2D eigenvalue weighted by molar-refractivity contribution is 9.09. The number of allylic oxidation sites excluding steroid dienone is 6. The van der Waals surface area contributed by atoms with E-state index in [9.17, 15) is 0 Å². The molecule has 0 rings (SSSR count). The molecule has 0 fully saturated rings. The quantitative estimate of drug-likeness (QED) is 0.0372. The average Bonchev–Trinajstić information content (AvgIpc) is 3.13. The van der Waals surface area contributed by atoms with Gasteiger partial charge in [-0.2, -0.15) is 0 Å². The number of halogens is 1. The molecule has 0 aliphatic rings. The lowest BCUT2D eigenvalue weighted by molar-refractivity contribution is 0.282. The third-order valence-corrected chi connectivity index (χ3v) is 11.1. The SMILES string of the molecule is OCCCCCCCCCCC/C=C/CCCCCCCCCC/C=C/CCCCCCCCCC/C=C/CCCCCCCCCCCBr. The van der Waals surface area contributed by atoms with Crippen LogP contribution in [0.5, 0.6) is 0 Å². The van der Waals surface area contributed by atoms with Gasteiger partial charge in [-0.3, -0.25) is 0 Å². The molecule has 0 bridgehead atoms. The molecule has 296 valence electrons. The summed E-state index contributed by atoms with van der Waals surface area (Å²) in [7, 11) is 0. The summed E-state index contributed by atoms with van der Waals surface area (Å²) in [6.45, 7) is 0.366. The van der Waals surface area contributed by atoms with E-state index in [4.69, 9.17) is 5.11 Å². The van der Waals surface area contributed by atoms with E-state index < -0.39 is 0 Å². The summed E-state index contributed by atoms with van der Waals surface area (Å²) < 4.78 is 0. The van der Waals surface area contributed by atoms with Crippen molar-refractivity contribution in [1.29, 1.82) is 0 Å². The largest absolute Gasteiger partial charge is 0.396 e. The summed E-state index contributed by atoms with van der Waals surface area (Å²) in [5, 5.41) is 9.98. The Labute approximate surface area is 324 Å². The van der Waals surface area contributed by atoms with E-state index in [0.29, 0.717) is 6.61 Å². The Morgan fingerprint density at radius 3 is 0.560 bits per heavy atom. The van der Waals surface area contributed by atoms with Crippen LogP contribution < -0.4 is 0 Å². The molecular formula is C48H91BrO. The zero-order valence-corrected chi connectivity index (χ0v) is 35.6. The minimum Gasteiger partial charge on any atom is -0.396 e. The molecule has 1 N–H and O–H groups in total. The molecule has 0 aromatic heterocycles. The van der Waals surface area contributed by atoms with Crippen LogP contribution in [-0.4, -0.2) is 17.0 Å². The van der Waals surface area contributed by atoms with E-state index in [1.54, 1.807) is 0 Å². The first kappa shape index (κ1) is 49.7. The maximum Gasteiger partial charge on any atom is 0.0431 e. The molecule has 0 aromatic rings. The van der Waals surface area contributed by atoms with Crippen LogP contribution in [0.3, 0.4) is 0 Å². The molecule has 0 atom stereocenters. The van der Waals surface area contributed by atoms with Gasteiger partial charge >= 0.3 is 0 Å². The molecule has 0 saturated heterocycles. The summed E-state index contributed by atoms with van der Waals surface area (Å²) in [6.07, 6.45) is 69.9. The molecule has 0 aromatic carbocycles. The second-order valence-corrected chi connectivity index (χ2v) is 16.4. The third kappa shape index (κ3) is 47.7. The van der Waals surface area contributed by atoms with Crippen molar-refractivity contribution in [3.8, 4) is 0 Å². The average molecular weight is 764 g/mol. The molecular weight excluding hydrogens is 672 g/mol. The predicted molar refractivity (Wildman–Crippen MR) is 233 cm³/mol. The number of aliphatic hydroxyl groups excluding tert-OH is 1. The first-order chi connectivity index (χ1) is 24.9. The smallest absolute Gasteiger partial charge is 0.0431 e. The maximum atomic E-state index is 8.80. The normalized spacial score (nSPS) is 12.1. The van der Waals surface area contributed by atoms with E-state index >= 15 is 0 Å². The fourth-order valence-electron chi connectivity index (χ4n) is 7.08. The summed E-state index contributed by atoms with van der Waals surface area (Å²) in [4.78, 5) is 0. The Morgan fingerprint density at radius 1 is 0.220 bits per heavy atom. The van der Waals surface area contributed by atoms with E-state index in [1.165, 1.54) is 256 Å². The lowest BCUT2D eigenvalue weighted by atomic mass is 10.0. The molecule has 2 heteroatoms. The topological polar surface area (TPSA) is 20.2 Å². The minimum atomic E-state index is 0.366. The highest BCUT2D eigenvalue weighted by Gasteiger charge is 1.96. The fraction of sp³-hybridized carbons (Fsp3) is 0.875. The Bertz CT molecular complexity index is 611. The standard InChI is InChI=1S/C48H91BrO/c49-47-45-43-41-39-37-35-33-31-29-27-25-23-21-19-17-15-13-11-9-7-5-3-1-2-4-6-8-10-12-14-16-18-20-22-24-26-28-30-32-34-36-38-40-42-44-46-48-50/h1-2,23-26,50H,3-22,27-48H2/b2-1+,25-23+,26-24+. The highest BCUT2D eigenvalue weighted by atomic mass is 79.9. The lowest BCUT2D eigenvalue weighted by Crippen LogP contribution is -1.84. The third-order valence-electron chi connectivity index (χ3n) is 10.5. The molecule has 50 heavy (non-hydrogen) atoms. The molecule has 0 heterocycles. The monoisotopic (exact) mass is 763 g/mol. The van der Waals surface area contributed by atoms with Crippen molar-refractivity contribution in [3.63, 3.8) is 0 Å². The Kier molecular flexibility index (Phi) is 48.3. The van der Waals surface area contributed by atoms with Crippen LogP contribution in [-0.2, 0) is 0 Å². The van der Waals surface area contributed by atoms with Crippen LogP contribution in [0.2, 0.25) is 0 Å². The van der Waals surface area contributed by atoms with Gasteiger partial charge in [-0.25, -0.2) is 0 Å². The Balaban J connectivity index is 3.16. The number of aliphatic hydroxyl groups is 1. The minimum absolute atomic E-state index is 0.366. The van der Waals surface area contributed by atoms with Crippen LogP contribution in [0.25, 0.3) is 0 Å². The highest BCUT2D eigenvalue weighted by Crippen LogP contribution is 2.15. The number of alkyl halides is 1. The zero-order valence-electron chi connectivity index (χ0n) is 34.0. The first-order valence-electron chi connectivity index (χ1n) is 23.0. The molecule has 0 aliphatic carbocycles. The van der Waals surface area contributed by atoms with Crippen LogP contribution in [0.4, 0.5) is 0 Å². The zero-order chi connectivity index (χ0) is 35.9. The maximum absolute atomic E-state index is 8.80. The molecule has 0 amide bonds. The van der Waals surface area contributed by atoms with Crippen LogP contribution in [0.1, 0.15) is 257 Å².